The van der Waals surface area contributed by atoms with Gasteiger partial charge in [-0.25, -0.2) is 0 Å². The number of hydrogen-bond acceptors (Lipinski definition) is 2. The molecule has 0 saturated heterocycles. The van der Waals surface area contributed by atoms with Crippen molar-refractivity contribution in [1.82, 2.24) is 5.32 Å². The van der Waals surface area contributed by atoms with Crippen LogP contribution in [0.3, 0.4) is 0 Å². The number of halogens is 3. The molecule has 0 spiro atoms. The average Bonchev–Trinajstić information content (AvgIpc) is 1.98. The Balaban J connectivity index is 2.13. The molecular formula is C10H18F3NO. The lowest BCUT2D eigenvalue weighted by Gasteiger charge is -2.39. The Kier molecular flexibility index (Phi) is 4.00. The predicted octanol–water partition coefficient (Wildman–Crippen LogP) is 1.93. The maximum atomic E-state index is 11.9. The van der Waals surface area contributed by atoms with E-state index in [1.54, 1.807) is 0 Å². The number of nitrogens with one attached hydrogen (secondary N) is 1. The van der Waals surface area contributed by atoms with Crippen LogP contribution in [0.25, 0.3) is 0 Å². The summed E-state index contributed by atoms with van der Waals surface area (Å²) in [4.78, 5) is 0. The number of hydrogen-bond donors (Lipinski definition) is 2. The van der Waals surface area contributed by atoms with Crippen LogP contribution in [0.2, 0.25) is 0 Å². The molecule has 2 N–H and O–H groups in total. The molecule has 0 aromatic carbocycles. The molecule has 2 nitrogen and oxygen atoms in total. The van der Waals surface area contributed by atoms with E-state index in [9.17, 15) is 13.2 Å². The van der Waals surface area contributed by atoms with Gasteiger partial charge in [0.25, 0.3) is 0 Å². The molecule has 0 aliphatic heterocycles. The van der Waals surface area contributed by atoms with Gasteiger partial charge in [0.1, 0.15) is 0 Å². The van der Waals surface area contributed by atoms with E-state index in [4.69, 9.17) is 5.11 Å². The Morgan fingerprint density at radius 3 is 2.27 bits per heavy atom. The molecular weight excluding hydrogens is 207 g/mol. The van der Waals surface area contributed by atoms with E-state index in [1.807, 2.05) is 0 Å². The van der Waals surface area contributed by atoms with Gasteiger partial charge in [-0.2, -0.15) is 13.2 Å². The van der Waals surface area contributed by atoms with E-state index < -0.39 is 12.3 Å². The monoisotopic (exact) mass is 225 g/mol. The second kappa shape index (κ2) is 4.70. The van der Waals surface area contributed by atoms with E-state index >= 15 is 0 Å². The quantitative estimate of drug-likeness (QED) is 0.766. The molecule has 90 valence electrons. The summed E-state index contributed by atoms with van der Waals surface area (Å²) in [6, 6.07) is 0.148. The van der Waals surface area contributed by atoms with Gasteiger partial charge in [0, 0.05) is 12.6 Å². The molecule has 1 rings (SSSR count). The lowest BCUT2D eigenvalue weighted by Crippen LogP contribution is -2.48. The Hall–Kier alpha value is -0.290. The molecule has 1 atom stereocenters. The topological polar surface area (TPSA) is 32.3 Å². The minimum Gasteiger partial charge on any atom is -0.382 e. The Morgan fingerprint density at radius 1 is 1.33 bits per heavy atom. The molecule has 0 amide bonds. The third-order valence-electron chi connectivity index (χ3n) is 3.10. The van der Waals surface area contributed by atoms with Crippen molar-refractivity contribution in [2.45, 2.75) is 45.0 Å². The standard InChI is InChI=1S/C10H18F3NO/c1-6(2)7-3-8(4-7)14-5-9(15)10(11,12)13/h6-9,14-15H,3-5H2,1-2H3. The third kappa shape index (κ3) is 3.65. The van der Waals surface area contributed by atoms with Crippen LogP contribution in [-0.2, 0) is 0 Å². The second-order valence-electron chi connectivity index (χ2n) is 4.64. The summed E-state index contributed by atoms with van der Waals surface area (Å²) >= 11 is 0. The van der Waals surface area contributed by atoms with Gasteiger partial charge in [0.05, 0.1) is 0 Å². The summed E-state index contributed by atoms with van der Waals surface area (Å²) in [5.74, 6) is 1.21. The molecule has 5 heteroatoms. The van der Waals surface area contributed by atoms with Crippen molar-refractivity contribution >= 4 is 0 Å². The van der Waals surface area contributed by atoms with Gasteiger partial charge >= 0.3 is 6.18 Å². The summed E-state index contributed by atoms with van der Waals surface area (Å²) in [5.41, 5.74) is 0. The maximum absolute atomic E-state index is 11.9. The van der Waals surface area contributed by atoms with E-state index in [2.05, 4.69) is 19.2 Å². The normalized spacial score (nSPS) is 29.0. The third-order valence-corrected chi connectivity index (χ3v) is 3.10. The van der Waals surface area contributed by atoms with E-state index in [-0.39, 0.29) is 12.6 Å². The number of aliphatic hydroxyl groups is 1. The fourth-order valence-electron chi connectivity index (χ4n) is 1.77. The number of aliphatic hydroxyl groups excluding tert-OH is 1. The van der Waals surface area contributed by atoms with Crippen molar-refractivity contribution < 1.29 is 18.3 Å². The van der Waals surface area contributed by atoms with Crippen LogP contribution in [0.1, 0.15) is 26.7 Å². The van der Waals surface area contributed by atoms with Crippen molar-refractivity contribution in [1.29, 1.82) is 0 Å². The predicted molar refractivity (Wildman–Crippen MR) is 51.4 cm³/mol. The summed E-state index contributed by atoms with van der Waals surface area (Å²) in [6.45, 7) is 3.84. The molecule has 1 aliphatic carbocycles. The highest BCUT2D eigenvalue weighted by Gasteiger charge is 2.39. The van der Waals surface area contributed by atoms with E-state index in [0.29, 0.717) is 11.8 Å². The molecule has 1 saturated carbocycles. The Morgan fingerprint density at radius 2 is 1.87 bits per heavy atom. The first-order valence-electron chi connectivity index (χ1n) is 5.29. The van der Waals surface area contributed by atoms with Crippen LogP contribution in [0.4, 0.5) is 13.2 Å². The lowest BCUT2D eigenvalue weighted by atomic mass is 9.73. The van der Waals surface area contributed by atoms with Gasteiger partial charge in [-0.1, -0.05) is 13.8 Å². The zero-order valence-corrected chi connectivity index (χ0v) is 9.01. The summed E-state index contributed by atoms with van der Waals surface area (Å²) < 4.78 is 35.8. The van der Waals surface area contributed by atoms with Crippen molar-refractivity contribution in [3.63, 3.8) is 0 Å². The molecule has 0 bridgehead atoms. The molecule has 1 fully saturated rings. The van der Waals surface area contributed by atoms with Gasteiger partial charge in [0.15, 0.2) is 6.10 Å². The first-order chi connectivity index (χ1) is 6.80. The Labute approximate surface area is 87.9 Å². The maximum Gasteiger partial charge on any atom is 0.415 e. The fourth-order valence-corrected chi connectivity index (χ4v) is 1.77. The van der Waals surface area contributed by atoms with Gasteiger partial charge in [0.2, 0.25) is 0 Å². The molecule has 0 heterocycles. The lowest BCUT2D eigenvalue weighted by molar-refractivity contribution is -0.202. The van der Waals surface area contributed by atoms with Crippen molar-refractivity contribution in [2.24, 2.45) is 11.8 Å². The smallest absolute Gasteiger partial charge is 0.382 e. The molecule has 0 radical (unpaired) electrons. The minimum atomic E-state index is -4.51. The number of rotatable bonds is 4. The minimum absolute atomic E-state index is 0.148. The van der Waals surface area contributed by atoms with Gasteiger partial charge in [-0.3, -0.25) is 0 Å². The highest BCUT2D eigenvalue weighted by Crippen LogP contribution is 2.33. The second-order valence-corrected chi connectivity index (χ2v) is 4.64. The zero-order valence-electron chi connectivity index (χ0n) is 9.01. The molecule has 0 aromatic heterocycles. The van der Waals surface area contributed by atoms with E-state index in [0.717, 1.165) is 12.8 Å². The molecule has 15 heavy (non-hydrogen) atoms. The first-order valence-corrected chi connectivity index (χ1v) is 5.29. The summed E-state index contributed by atoms with van der Waals surface area (Å²) in [6.07, 6.45) is -4.91. The van der Waals surface area contributed by atoms with Crippen LogP contribution in [-0.4, -0.2) is 30.0 Å². The summed E-state index contributed by atoms with van der Waals surface area (Å²) in [7, 11) is 0. The molecule has 0 aromatic rings. The van der Waals surface area contributed by atoms with Crippen LogP contribution >= 0.6 is 0 Å². The molecule has 1 aliphatic rings. The SMILES string of the molecule is CC(C)C1CC(NCC(O)C(F)(F)F)C1. The van der Waals surface area contributed by atoms with Gasteiger partial charge < -0.3 is 10.4 Å². The fraction of sp³-hybridized carbons (Fsp3) is 1.00. The summed E-state index contributed by atoms with van der Waals surface area (Å²) in [5, 5.41) is 11.5. The largest absolute Gasteiger partial charge is 0.415 e. The molecule has 1 unspecified atom stereocenters. The first kappa shape index (κ1) is 12.8. The van der Waals surface area contributed by atoms with Crippen molar-refractivity contribution in [3.05, 3.63) is 0 Å². The van der Waals surface area contributed by atoms with Crippen LogP contribution in [0.15, 0.2) is 0 Å². The highest BCUT2D eigenvalue weighted by molar-refractivity contribution is 4.87. The van der Waals surface area contributed by atoms with Crippen LogP contribution in [0.5, 0.6) is 0 Å². The average molecular weight is 225 g/mol. The Bertz CT molecular complexity index is 199. The van der Waals surface area contributed by atoms with Gasteiger partial charge in [-0.15, -0.1) is 0 Å². The van der Waals surface area contributed by atoms with Gasteiger partial charge in [-0.05, 0) is 24.7 Å². The number of alkyl halides is 3. The zero-order chi connectivity index (χ0) is 11.6. The van der Waals surface area contributed by atoms with Crippen LogP contribution < -0.4 is 5.32 Å². The van der Waals surface area contributed by atoms with Crippen LogP contribution in [0, 0.1) is 11.8 Å². The van der Waals surface area contributed by atoms with Crippen molar-refractivity contribution in [2.75, 3.05) is 6.54 Å². The van der Waals surface area contributed by atoms with Crippen molar-refractivity contribution in [3.8, 4) is 0 Å². The van der Waals surface area contributed by atoms with E-state index in [1.165, 1.54) is 0 Å². The highest BCUT2D eigenvalue weighted by atomic mass is 19.4.